The summed E-state index contributed by atoms with van der Waals surface area (Å²) >= 11 is 0. The molecule has 100 valence electrons. The third-order valence-electron chi connectivity index (χ3n) is 3.73. The highest BCUT2D eigenvalue weighted by atomic mass is 19.1. The van der Waals surface area contributed by atoms with E-state index in [2.05, 4.69) is 4.90 Å². The van der Waals surface area contributed by atoms with Gasteiger partial charge < -0.3 is 10.6 Å². The summed E-state index contributed by atoms with van der Waals surface area (Å²) in [6.45, 7) is 3.07. The van der Waals surface area contributed by atoms with Crippen LogP contribution in [0, 0.1) is 11.7 Å². The molecule has 0 saturated heterocycles. The molecule has 0 aromatic heterocycles. The Balaban J connectivity index is 2.18. The molecule has 0 amide bonds. The van der Waals surface area contributed by atoms with E-state index >= 15 is 0 Å². The first-order valence-electron chi connectivity index (χ1n) is 6.86. The first-order valence-corrected chi connectivity index (χ1v) is 6.86. The van der Waals surface area contributed by atoms with E-state index < -0.39 is 0 Å². The summed E-state index contributed by atoms with van der Waals surface area (Å²) in [4.78, 5) is 2.18. The predicted molar refractivity (Wildman–Crippen MR) is 74.4 cm³/mol. The summed E-state index contributed by atoms with van der Waals surface area (Å²) in [5, 5.41) is 0. The van der Waals surface area contributed by atoms with Gasteiger partial charge in [-0.1, -0.05) is 13.0 Å². The summed E-state index contributed by atoms with van der Waals surface area (Å²) in [6, 6.07) is 5.36. The Morgan fingerprint density at radius 3 is 2.78 bits per heavy atom. The molecule has 1 unspecified atom stereocenters. The van der Waals surface area contributed by atoms with Crippen molar-refractivity contribution in [3.8, 4) is 0 Å². The van der Waals surface area contributed by atoms with Crippen LogP contribution in [0.1, 0.15) is 31.7 Å². The largest absolute Gasteiger partial charge is 0.374 e. The minimum atomic E-state index is -0.126. The molecule has 0 spiro atoms. The first kappa shape index (κ1) is 13.3. The minimum absolute atomic E-state index is 0.0370. The number of nitrogens with two attached hydrogens (primary N) is 1. The lowest BCUT2D eigenvalue weighted by Crippen LogP contribution is -2.26. The van der Waals surface area contributed by atoms with Crippen molar-refractivity contribution in [3.63, 3.8) is 0 Å². The fraction of sp³-hybridized carbons (Fsp3) is 0.600. The average molecular weight is 250 g/mol. The lowest BCUT2D eigenvalue weighted by atomic mass is 10.0. The van der Waals surface area contributed by atoms with E-state index in [0.717, 1.165) is 30.1 Å². The van der Waals surface area contributed by atoms with E-state index in [1.807, 2.05) is 20.0 Å². The fourth-order valence-corrected chi connectivity index (χ4v) is 2.30. The fourth-order valence-electron chi connectivity index (χ4n) is 2.30. The Kier molecular flexibility index (Phi) is 4.23. The van der Waals surface area contributed by atoms with Crippen LogP contribution in [-0.2, 0) is 6.42 Å². The van der Waals surface area contributed by atoms with Crippen LogP contribution in [0.5, 0.6) is 0 Å². The Hall–Kier alpha value is -1.09. The van der Waals surface area contributed by atoms with Crippen LogP contribution in [0.15, 0.2) is 18.2 Å². The molecule has 1 aromatic rings. The number of benzene rings is 1. The van der Waals surface area contributed by atoms with Crippen LogP contribution in [0.4, 0.5) is 10.1 Å². The van der Waals surface area contributed by atoms with Crippen molar-refractivity contribution in [3.05, 3.63) is 29.6 Å². The van der Waals surface area contributed by atoms with Gasteiger partial charge in [0.15, 0.2) is 0 Å². The van der Waals surface area contributed by atoms with E-state index in [0.29, 0.717) is 6.42 Å². The molecule has 0 aliphatic heterocycles. The second-order valence-corrected chi connectivity index (χ2v) is 5.43. The average Bonchev–Trinajstić information content (AvgIpc) is 3.15. The predicted octanol–water partition coefficient (Wildman–Crippen LogP) is 2.95. The van der Waals surface area contributed by atoms with E-state index in [1.54, 1.807) is 6.07 Å². The van der Waals surface area contributed by atoms with E-state index in [-0.39, 0.29) is 11.9 Å². The van der Waals surface area contributed by atoms with Gasteiger partial charge in [0.05, 0.1) is 0 Å². The van der Waals surface area contributed by atoms with E-state index in [9.17, 15) is 4.39 Å². The SMILES string of the molecule is CCC(N)Cc1c(F)cccc1N(C)CC1CC1. The first-order chi connectivity index (χ1) is 8.61. The lowest BCUT2D eigenvalue weighted by molar-refractivity contribution is 0.577. The maximum atomic E-state index is 14.0. The van der Waals surface area contributed by atoms with Gasteiger partial charge in [-0.25, -0.2) is 4.39 Å². The zero-order valence-corrected chi connectivity index (χ0v) is 11.3. The second kappa shape index (κ2) is 5.70. The molecule has 2 N–H and O–H groups in total. The number of halogens is 1. The molecule has 1 aliphatic carbocycles. The number of anilines is 1. The zero-order chi connectivity index (χ0) is 13.1. The lowest BCUT2D eigenvalue weighted by Gasteiger charge is -2.24. The molecular formula is C15H23FN2. The maximum absolute atomic E-state index is 14.0. The molecule has 1 aromatic carbocycles. The van der Waals surface area contributed by atoms with Gasteiger partial charge in [-0.15, -0.1) is 0 Å². The van der Waals surface area contributed by atoms with Crippen molar-refractivity contribution in [2.75, 3.05) is 18.5 Å². The van der Waals surface area contributed by atoms with Crippen LogP contribution < -0.4 is 10.6 Å². The van der Waals surface area contributed by atoms with Crippen LogP contribution >= 0.6 is 0 Å². The van der Waals surface area contributed by atoms with Crippen molar-refractivity contribution in [2.45, 2.75) is 38.6 Å². The van der Waals surface area contributed by atoms with Gasteiger partial charge in [0.1, 0.15) is 5.82 Å². The number of hydrogen-bond acceptors (Lipinski definition) is 2. The van der Waals surface area contributed by atoms with Gasteiger partial charge in [0.2, 0.25) is 0 Å². The molecule has 3 heteroatoms. The normalized spacial score (nSPS) is 16.7. The van der Waals surface area contributed by atoms with Crippen molar-refractivity contribution in [1.82, 2.24) is 0 Å². The topological polar surface area (TPSA) is 29.3 Å². The van der Waals surface area contributed by atoms with E-state index in [1.165, 1.54) is 18.9 Å². The van der Waals surface area contributed by atoms with Gasteiger partial charge in [-0.2, -0.15) is 0 Å². The second-order valence-electron chi connectivity index (χ2n) is 5.43. The van der Waals surface area contributed by atoms with Crippen molar-refractivity contribution in [2.24, 2.45) is 11.7 Å². The van der Waals surface area contributed by atoms with Gasteiger partial charge in [-0.3, -0.25) is 0 Å². The summed E-state index contributed by atoms with van der Waals surface area (Å²) in [5.41, 5.74) is 7.75. The zero-order valence-electron chi connectivity index (χ0n) is 11.3. The van der Waals surface area contributed by atoms with Crippen molar-refractivity contribution < 1.29 is 4.39 Å². The Labute approximate surface area is 109 Å². The van der Waals surface area contributed by atoms with Crippen LogP contribution in [0.3, 0.4) is 0 Å². The Morgan fingerprint density at radius 2 is 2.17 bits per heavy atom. The maximum Gasteiger partial charge on any atom is 0.128 e. The quantitative estimate of drug-likeness (QED) is 0.841. The molecule has 1 atom stereocenters. The Bertz CT molecular complexity index is 401. The van der Waals surface area contributed by atoms with Crippen LogP contribution in [0.25, 0.3) is 0 Å². The van der Waals surface area contributed by atoms with Crippen molar-refractivity contribution in [1.29, 1.82) is 0 Å². The number of hydrogen-bond donors (Lipinski definition) is 1. The molecule has 2 rings (SSSR count). The summed E-state index contributed by atoms with van der Waals surface area (Å²) in [5.74, 6) is 0.671. The standard InChI is InChI=1S/C15H23FN2/c1-3-12(17)9-13-14(16)5-4-6-15(13)18(2)10-11-7-8-11/h4-6,11-12H,3,7-10,17H2,1-2H3. The van der Waals surface area contributed by atoms with Crippen LogP contribution in [0.2, 0.25) is 0 Å². The van der Waals surface area contributed by atoms with Gasteiger partial charge >= 0.3 is 0 Å². The highest BCUT2D eigenvalue weighted by molar-refractivity contribution is 5.54. The Morgan fingerprint density at radius 1 is 1.44 bits per heavy atom. The third-order valence-corrected chi connectivity index (χ3v) is 3.73. The molecule has 1 aliphatic rings. The van der Waals surface area contributed by atoms with E-state index in [4.69, 9.17) is 5.73 Å². The van der Waals surface area contributed by atoms with Crippen molar-refractivity contribution >= 4 is 5.69 Å². The van der Waals surface area contributed by atoms with Crippen LogP contribution in [-0.4, -0.2) is 19.6 Å². The summed E-state index contributed by atoms with van der Waals surface area (Å²) in [6.07, 6.45) is 4.11. The molecule has 1 saturated carbocycles. The minimum Gasteiger partial charge on any atom is -0.374 e. The number of rotatable bonds is 6. The smallest absolute Gasteiger partial charge is 0.128 e. The molecule has 2 nitrogen and oxygen atoms in total. The highest BCUT2D eigenvalue weighted by Gasteiger charge is 2.24. The molecule has 18 heavy (non-hydrogen) atoms. The van der Waals surface area contributed by atoms with Gasteiger partial charge in [-0.05, 0) is 43.7 Å². The molecular weight excluding hydrogens is 227 g/mol. The third kappa shape index (κ3) is 3.22. The summed E-state index contributed by atoms with van der Waals surface area (Å²) < 4.78 is 14.0. The molecule has 0 bridgehead atoms. The van der Waals surface area contributed by atoms with Gasteiger partial charge in [0, 0.05) is 30.9 Å². The van der Waals surface area contributed by atoms with Gasteiger partial charge in [0.25, 0.3) is 0 Å². The molecule has 1 fully saturated rings. The molecule has 0 heterocycles. The highest BCUT2D eigenvalue weighted by Crippen LogP contribution is 2.32. The molecule has 0 radical (unpaired) electrons. The number of nitrogens with zero attached hydrogens (tertiary/aromatic N) is 1. The summed E-state index contributed by atoms with van der Waals surface area (Å²) in [7, 11) is 2.05. The monoisotopic (exact) mass is 250 g/mol.